The zero-order valence-corrected chi connectivity index (χ0v) is 8.20. The molecule has 4 nitrogen and oxygen atoms in total. The van der Waals surface area contributed by atoms with Gasteiger partial charge in [-0.2, -0.15) is 0 Å². The predicted octanol–water partition coefficient (Wildman–Crippen LogP) is 0.563. The minimum absolute atomic E-state index is 0.252. The Labute approximate surface area is 79.5 Å². The maximum Gasteiger partial charge on any atom is 0.259 e. The maximum absolute atomic E-state index is 11.0. The van der Waals surface area contributed by atoms with Gasteiger partial charge in [0.2, 0.25) is 0 Å². The molecule has 13 heavy (non-hydrogen) atoms. The number of hydrogen-bond donors (Lipinski definition) is 2. The summed E-state index contributed by atoms with van der Waals surface area (Å²) < 4.78 is 0. The normalized spacial score (nSPS) is 10.0. The standard InChI is InChI=1S/C8H10N2O2S/c1-3-4(2)13-6(8(10)12)5(3)7(9)11/h1-2H3,(H2,9,11)(H2,10,12). The van der Waals surface area contributed by atoms with Crippen LogP contribution in [-0.2, 0) is 0 Å². The number of hydrogen-bond acceptors (Lipinski definition) is 3. The minimum Gasteiger partial charge on any atom is -0.366 e. The third-order valence-corrected chi connectivity index (χ3v) is 3.08. The molecule has 0 radical (unpaired) electrons. The van der Waals surface area contributed by atoms with Crippen LogP contribution in [0.2, 0.25) is 0 Å². The van der Waals surface area contributed by atoms with Gasteiger partial charge < -0.3 is 11.5 Å². The Morgan fingerprint density at radius 1 is 1.15 bits per heavy atom. The summed E-state index contributed by atoms with van der Waals surface area (Å²) in [6.07, 6.45) is 0. The molecule has 70 valence electrons. The van der Waals surface area contributed by atoms with Crippen LogP contribution in [0.5, 0.6) is 0 Å². The molecule has 0 saturated carbocycles. The lowest BCUT2D eigenvalue weighted by molar-refractivity contribution is 0.0970. The van der Waals surface area contributed by atoms with Crippen molar-refractivity contribution in [3.63, 3.8) is 0 Å². The number of nitrogens with two attached hydrogens (primary N) is 2. The zero-order valence-electron chi connectivity index (χ0n) is 7.38. The molecule has 1 rings (SSSR count). The molecule has 2 amide bonds. The summed E-state index contributed by atoms with van der Waals surface area (Å²) in [5, 5.41) is 0. The van der Waals surface area contributed by atoms with Crippen molar-refractivity contribution >= 4 is 23.2 Å². The third kappa shape index (κ3) is 1.55. The van der Waals surface area contributed by atoms with Crippen molar-refractivity contribution in [3.05, 3.63) is 20.9 Å². The minimum atomic E-state index is -0.602. The van der Waals surface area contributed by atoms with Crippen LogP contribution < -0.4 is 11.5 Å². The van der Waals surface area contributed by atoms with E-state index in [1.807, 2.05) is 6.92 Å². The molecule has 5 heteroatoms. The summed E-state index contributed by atoms with van der Waals surface area (Å²) in [4.78, 5) is 23.0. The van der Waals surface area contributed by atoms with Gasteiger partial charge in [0.05, 0.1) is 5.56 Å². The molecule has 0 saturated heterocycles. The Bertz CT molecular complexity index is 382. The molecule has 1 aromatic heterocycles. The lowest BCUT2D eigenvalue weighted by atomic mass is 10.1. The molecule has 0 aliphatic carbocycles. The number of primary amides is 2. The van der Waals surface area contributed by atoms with Crippen LogP contribution in [0.1, 0.15) is 30.5 Å². The molecular weight excluding hydrogens is 188 g/mol. The molecule has 0 aliphatic rings. The van der Waals surface area contributed by atoms with E-state index in [2.05, 4.69) is 0 Å². The second-order valence-corrected chi connectivity index (χ2v) is 3.94. The van der Waals surface area contributed by atoms with Gasteiger partial charge in [-0.25, -0.2) is 0 Å². The molecular formula is C8H10N2O2S. The summed E-state index contributed by atoms with van der Waals surface area (Å²) >= 11 is 1.20. The zero-order chi connectivity index (χ0) is 10.2. The van der Waals surface area contributed by atoms with Gasteiger partial charge in [-0.05, 0) is 19.4 Å². The van der Waals surface area contributed by atoms with Crippen LogP contribution in [-0.4, -0.2) is 11.8 Å². The first kappa shape index (κ1) is 9.73. The Morgan fingerprint density at radius 2 is 1.69 bits per heavy atom. The van der Waals surface area contributed by atoms with Crippen molar-refractivity contribution in [3.8, 4) is 0 Å². The molecule has 1 heterocycles. The second kappa shape index (κ2) is 3.18. The van der Waals surface area contributed by atoms with Crippen LogP contribution in [0.15, 0.2) is 0 Å². The van der Waals surface area contributed by atoms with Crippen molar-refractivity contribution in [2.45, 2.75) is 13.8 Å². The quantitative estimate of drug-likeness (QED) is 0.727. The molecule has 0 fully saturated rings. The van der Waals surface area contributed by atoms with Gasteiger partial charge in [-0.15, -0.1) is 11.3 Å². The fourth-order valence-electron chi connectivity index (χ4n) is 1.10. The average Bonchev–Trinajstić information content (AvgIpc) is 2.28. The van der Waals surface area contributed by atoms with Crippen LogP contribution >= 0.6 is 11.3 Å². The van der Waals surface area contributed by atoms with Crippen molar-refractivity contribution in [2.75, 3.05) is 0 Å². The first-order valence-corrected chi connectivity index (χ1v) is 4.46. The monoisotopic (exact) mass is 198 g/mol. The fourth-order valence-corrected chi connectivity index (χ4v) is 2.11. The Hall–Kier alpha value is -1.36. The van der Waals surface area contributed by atoms with E-state index in [4.69, 9.17) is 11.5 Å². The highest BCUT2D eigenvalue weighted by atomic mass is 32.1. The van der Waals surface area contributed by atoms with Crippen LogP contribution in [0.3, 0.4) is 0 Å². The highest BCUT2D eigenvalue weighted by Gasteiger charge is 2.20. The van der Waals surface area contributed by atoms with Crippen molar-refractivity contribution < 1.29 is 9.59 Å². The highest BCUT2D eigenvalue weighted by Crippen LogP contribution is 2.26. The first-order chi connectivity index (χ1) is 5.95. The van der Waals surface area contributed by atoms with Gasteiger partial charge in [-0.3, -0.25) is 9.59 Å². The van der Waals surface area contributed by atoms with Gasteiger partial charge in [0.25, 0.3) is 11.8 Å². The summed E-state index contributed by atoms with van der Waals surface area (Å²) in [6, 6.07) is 0. The van der Waals surface area contributed by atoms with E-state index >= 15 is 0 Å². The summed E-state index contributed by atoms with van der Waals surface area (Å²) in [5.74, 6) is -1.20. The van der Waals surface area contributed by atoms with E-state index in [9.17, 15) is 9.59 Å². The van der Waals surface area contributed by atoms with Crippen molar-refractivity contribution in [1.82, 2.24) is 0 Å². The molecule has 0 unspecified atom stereocenters. The lowest BCUT2D eigenvalue weighted by Gasteiger charge is -1.96. The van der Waals surface area contributed by atoms with E-state index < -0.39 is 11.8 Å². The van der Waals surface area contributed by atoms with Gasteiger partial charge in [0.15, 0.2) is 0 Å². The van der Waals surface area contributed by atoms with Gasteiger partial charge in [-0.1, -0.05) is 0 Å². The largest absolute Gasteiger partial charge is 0.366 e. The number of aryl methyl sites for hydroxylation is 1. The second-order valence-electron chi connectivity index (χ2n) is 2.72. The predicted molar refractivity (Wildman–Crippen MR) is 50.8 cm³/mol. The molecule has 0 spiro atoms. The number of amides is 2. The number of rotatable bonds is 2. The van der Waals surface area contributed by atoms with Gasteiger partial charge in [0.1, 0.15) is 4.88 Å². The molecule has 0 atom stereocenters. The van der Waals surface area contributed by atoms with Gasteiger partial charge >= 0.3 is 0 Å². The Morgan fingerprint density at radius 3 is 2.00 bits per heavy atom. The number of carbonyl (C=O) groups excluding carboxylic acids is 2. The molecule has 0 aromatic carbocycles. The Balaban J connectivity index is 3.44. The molecule has 4 N–H and O–H groups in total. The van der Waals surface area contributed by atoms with E-state index in [0.29, 0.717) is 0 Å². The molecule has 0 aliphatic heterocycles. The lowest BCUT2D eigenvalue weighted by Crippen LogP contribution is -2.19. The Kier molecular flexibility index (Phi) is 2.38. The third-order valence-electron chi connectivity index (χ3n) is 1.86. The van der Waals surface area contributed by atoms with Crippen LogP contribution in [0.4, 0.5) is 0 Å². The number of carbonyl (C=O) groups is 2. The average molecular weight is 198 g/mol. The van der Waals surface area contributed by atoms with Crippen LogP contribution in [0, 0.1) is 13.8 Å². The first-order valence-electron chi connectivity index (χ1n) is 3.64. The molecule has 0 bridgehead atoms. The van der Waals surface area contributed by atoms with Crippen LogP contribution in [0.25, 0.3) is 0 Å². The van der Waals surface area contributed by atoms with E-state index in [-0.39, 0.29) is 10.4 Å². The maximum atomic E-state index is 11.0. The van der Waals surface area contributed by atoms with E-state index in [0.717, 1.165) is 10.4 Å². The van der Waals surface area contributed by atoms with Gasteiger partial charge in [0, 0.05) is 4.88 Å². The van der Waals surface area contributed by atoms with Crippen molar-refractivity contribution in [2.24, 2.45) is 11.5 Å². The highest BCUT2D eigenvalue weighted by molar-refractivity contribution is 7.14. The smallest absolute Gasteiger partial charge is 0.259 e. The summed E-state index contributed by atoms with van der Waals surface area (Å²) in [5.41, 5.74) is 11.2. The summed E-state index contributed by atoms with van der Waals surface area (Å²) in [6.45, 7) is 3.57. The number of thiophene rings is 1. The van der Waals surface area contributed by atoms with Crippen molar-refractivity contribution in [1.29, 1.82) is 0 Å². The van der Waals surface area contributed by atoms with E-state index in [1.54, 1.807) is 6.92 Å². The van der Waals surface area contributed by atoms with E-state index in [1.165, 1.54) is 11.3 Å². The molecule has 1 aromatic rings. The summed E-state index contributed by atoms with van der Waals surface area (Å²) in [7, 11) is 0. The topological polar surface area (TPSA) is 86.2 Å². The fraction of sp³-hybridized carbons (Fsp3) is 0.250. The SMILES string of the molecule is Cc1sc(C(N)=O)c(C(N)=O)c1C.